The van der Waals surface area contributed by atoms with Gasteiger partial charge < -0.3 is 14.2 Å². The average molecular weight is 323 g/mol. The third kappa shape index (κ3) is 4.62. The van der Waals surface area contributed by atoms with E-state index in [0.717, 1.165) is 11.1 Å². The molecule has 0 saturated heterocycles. The van der Waals surface area contributed by atoms with Gasteiger partial charge in [0.1, 0.15) is 6.61 Å². The molecule has 2 rings (SSSR count). The summed E-state index contributed by atoms with van der Waals surface area (Å²) in [6, 6.07) is 14.3. The monoisotopic (exact) mass is 323 g/mol. The van der Waals surface area contributed by atoms with Gasteiger partial charge >= 0.3 is 5.97 Å². The molecule has 0 radical (unpaired) electrons. The number of benzene rings is 2. The van der Waals surface area contributed by atoms with Gasteiger partial charge in [0, 0.05) is 6.08 Å². The van der Waals surface area contributed by atoms with Gasteiger partial charge in [-0.25, -0.2) is 4.79 Å². The molecule has 0 aliphatic rings. The van der Waals surface area contributed by atoms with E-state index in [9.17, 15) is 4.79 Å². The summed E-state index contributed by atoms with van der Waals surface area (Å²) in [6.45, 7) is 0.154. The molecule has 24 heavy (non-hydrogen) atoms. The molecule has 0 unspecified atom stereocenters. The zero-order valence-electron chi connectivity index (χ0n) is 13.5. The second-order valence-corrected chi connectivity index (χ2v) is 4.86. The van der Waals surface area contributed by atoms with Crippen LogP contribution in [0.15, 0.2) is 48.5 Å². The van der Waals surface area contributed by atoms with Crippen LogP contribution in [0, 0.1) is 11.3 Å². The lowest BCUT2D eigenvalue weighted by molar-refractivity contribution is -0.138. The predicted octanol–water partition coefficient (Wildman–Crippen LogP) is 3.33. The van der Waals surface area contributed by atoms with E-state index in [1.807, 2.05) is 12.1 Å². The van der Waals surface area contributed by atoms with Crippen molar-refractivity contribution in [2.24, 2.45) is 0 Å². The predicted molar refractivity (Wildman–Crippen MR) is 89.5 cm³/mol. The molecule has 0 amide bonds. The van der Waals surface area contributed by atoms with E-state index in [-0.39, 0.29) is 6.61 Å². The van der Waals surface area contributed by atoms with Crippen LogP contribution in [-0.4, -0.2) is 20.2 Å². The second-order valence-electron chi connectivity index (χ2n) is 4.86. The number of rotatable bonds is 6. The van der Waals surface area contributed by atoms with E-state index in [0.29, 0.717) is 17.1 Å². The third-order valence-corrected chi connectivity index (χ3v) is 3.28. The zero-order valence-corrected chi connectivity index (χ0v) is 13.5. The lowest BCUT2D eigenvalue weighted by Gasteiger charge is -2.07. The van der Waals surface area contributed by atoms with Crippen molar-refractivity contribution >= 4 is 12.0 Å². The fourth-order valence-electron chi connectivity index (χ4n) is 2.00. The topological polar surface area (TPSA) is 68.5 Å². The van der Waals surface area contributed by atoms with Gasteiger partial charge in [-0.05, 0) is 41.5 Å². The van der Waals surface area contributed by atoms with Crippen LogP contribution in [0.2, 0.25) is 0 Å². The van der Waals surface area contributed by atoms with Crippen LogP contribution in [0.1, 0.15) is 16.7 Å². The Hall–Kier alpha value is -3.26. The molecular weight excluding hydrogens is 306 g/mol. The van der Waals surface area contributed by atoms with E-state index in [4.69, 9.17) is 19.5 Å². The van der Waals surface area contributed by atoms with Gasteiger partial charge in [0.05, 0.1) is 25.9 Å². The van der Waals surface area contributed by atoms with Gasteiger partial charge in [0.25, 0.3) is 0 Å². The standard InChI is InChI=1S/C19H17NO4/c1-22-17-9-7-14(11-18(17)23-2)8-10-19(21)24-13-16-5-3-15(12-20)4-6-16/h3-11H,13H2,1-2H3/b10-8+. The number of esters is 1. The molecule has 0 fully saturated rings. The molecule has 0 aliphatic carbocycles. The van der Waals surface area contributed by atoms with E-state index < -0.39 is 5.97 Å². The Morgan fingerprint density at radius 3 is 2.42 bits per heavy atom. The molecule has 0 atom stereocenters. The maximum atomic E-state index is 11.8. The molecule has 0 spiro atoms. The van der Waals surface area contributed by atoms with E-state index in [2.05, 4.69) is 0 Å². The first-order chi connectivity index (χ1) is 11.7. The minimum Gasteiger partial charge on any atom is -0.493 e. The van der Waals surface area contributed by atoms with Crippen molar-refractivity contribution in [3.8, 4) is 17.6 Å². The Morgan fingerprint density at radius 2 is 1.79 bits per heavy atom. The number of methoxy groups -OCH3 is 2. The largest absolute Gasteiger partial charge is 0.493 e. The minimum atomic E-state index is -0.450. The number of nitrogens with zero attached hydrogens (tertiary/aromatic N) is 1. The number of carbonyl (C=O) groups excluding carboxylic acids is 1. The molecule has 5 heteroatoms. The Balaban J connectivity index is 1.94. The number of carbonyl (C=O) groups is 1. The number of ether oxygens (including phenoxy) is 3. The first-order valence-corrected chi connectivity index (χ1v) is 7.22. The fourth-order valence-corrected chi connectivity index (χ4v) is 2.00. The van der Waals surface area contributed by atoms with E-state index in [1.54, 1.807) is 56.7 Å². The number of hydrogen-bond acceptors (Lipinski definition) is 5. The number of hydrogen-bond donors (Lipinski definition) is 0. The molecule has 0 saturated carbocycles. The highest BCUT2D eigenvalue weighted by molar-refractivity contribution is 5.87. The Morgan fingerprint density at radius 1 is 1.08 bits per heavy atom. The van der Waals surface area contributed by atoms with E-state index in [1.165, 1.54) is 6.08 Å². The molecular formula is C19H17NO4. The SMILES string of the molecule is COc1ccc(/C=C/C(=O)OCc2ccc(C#N)cc2)cc1OC. The van der Waals surface area contributed by atoms with Crippen LogP contribution in [-0.2, 0) is 16.1 Å². The lowest BCUT2D eigenvalue weighted by Crippen LogP contribution is -2.00. The first kappa shape index (κ1) is 17.1. The Labute approximate surface area is 140 Å². The Bertz CT molecular complexity index is 773. The molecule has 5 nitrogen and oxygen atoms in total. The quantitative estimate of drug-likeness (QED) is 0.602. The van der Waals surface area contributed by atoms with Gasteiger partial charge in [-0.2, -0.15) is 5.26 Å². The molecule has 0 N–H and O–H groups in total. The van der Waals surface area contributed by atoms with Crippen LogP contribution >= 0.6 is 0 Å². The van der Waals surface area contributed by atoms with Crippen molar-refractivity contribution < 1.29 is 19.0 Å². The molecule has 122 valence electrons. The molecule has 2 aromatic rings. The maximum absolute atomic E-state index is 11.8. The van der Waals surface area contributed by atoms with Crippen LogP contribution in [0.5, 0.6) is 11.5 Å². The molecule has 0 bridgehead atoms. The smallest absolute Gasteiger partial charge is 0.331 e. The highest BCUT2D eigenvalue weighted by Crippen LogP contribution is 2.27. The maximum Gasteiger partial charge on any atom is 0.331 e. The van der Waals surface area contributed by atoms with Gasteiger partial charge in [0.2, 0.25) is 0 Å². The highest BCUT2D eigenvalue weighted by atomic mass is 16.5. The number of nitriles is 1. The lowest BCUT2D eigenvalue weighted by atomic mass is 10.1. The highest BCUT2D eigenvalue weighted by Gasteiger charge is 2.04. The summed E-state index contributed by atoms with van der Waals surface area (Å²) in [5.41, 5.74) is 2.18. The van der Waals surface area contributed by atoms with Crippen molar-refractivity contribution in [2.75, 3.05) is 14.2 Å². The van der Waals surface area contributed by atoms with Crippen molar-refractivity contribution in [3.05, 3.63) is 65.2 Å². The van der Waals surface area contributed by atoms with Crippen LogP contribution < -0.4 is 9.47 Å². The molecule has 0 heterocycles. The summed E-state index contributed by atoms with van der Waals surface area (Å²) in [6.07, 6.45) is 2.99. The van der Waals surface area contributed by atoms with E-state index >= 15 is 0 Å². The third-order valence-electron chi connectivity index (χ3n) is 3.28. The summed E-state index contributed by atoms with van der Waals surface area (Å²) < 4.78 is 15.5. The minimum absolute atomic E-state index is 0.154. The Kier molecular flexibility index (Phi) is 5.98. The van der Waals surface area contributed by atoms with Gasteiger partial charge in [-0.15, -0.1) is 0 Å². The van der Waals surface area contributed by atoms with Crippen molar-refractivity contribution in [1.82, 2.24) is 0 Å². The summed E-state index contributed by atoms with van der Waals surface area (Å²) >= 11 is 0. The molecule has 0 aliphatic heterocycles. The zero-order chi connectivity index (χ0) is 17.4. The molecule has 0 aromatic heterocycles. The van der Waals surface area contributed by atoms with Crippen molar-refractivity contribution in [1.29, 1.82) is 5.26 Å². The van der Waals surface area contributed by atoms with Crippen LogP contribution in [0.3, 0.4) is 0 Å². The second kappa shape index (κ2) is 8.39. The summed E-state index contributed by atoms with van der Waals surface area (Å²) in [5.74, 6) is 0.762. The summed E-state index contributed by atoms with van der Waals surface area (Å²) in [7, 11) is 3.12. The normalized spacial score (nSPS) is 10.2. The van der Waals surface area contributed by atoms with Crippen molar-refractivity contribution in [3.63, 3.8) is 0 Å². The van der Waals surface area contributed by atoms with Gasteiger partial charge in [-0.1, -0.05) is 18.2 Å². The summed E-state index contributed by atoms with van der Waals surface area (Å²) in [5, 5.41) is 8.73. The first-order valence-electron chi connectivity index (χ1n) is 7.22. The molecule has 2 aromatic carbocycles. The fraction of sp³-hybridized carbons (Fsp3) is 0.158. The summed E-state index contributed by atoms with van der Waals surface area (Å²) in [4.78, 5) is 11.8. The van der Waals surface area contributed by atoms with Gasteiger partial charge in [0.15, 0.2) is 11.5 Å². The van der Waals surface area contributed by atoms with Crippen LogP contribution in [0.4, 0.5) is 0 Å². The van der Waals surface area contributed by atoms with Gasteiger partial charge in [-0.3, -0.25) is 0 Å². The average Bonchev–Trinajstić information content (AvgIpc) is 2.64. The van der Waals surface area contributed by atoms with Crippen molar-refractivity contribution in [2.45, 2.75) is 6.61 Å². The van der Waals surface area contributed by atoms with Crippen LogP contribution in [0.25, 0.3) is 6.08 Å².